The van der Waals surface area contributed by atoms with E-state index < -0.39 is 5.97 Å². The highest BCUT2D eigenvalue weighted by molar-refractivity contribution is 7.13. The van der Waals surface area contributed by atoms with E-state index in [9.17, 15) is 4.79 Å². The van der Waals surface area contributed by atoms with E-state index in [1.807, 2.05) is 6.07 Å². The summed E-state index contributed by atoms with van der Waals surface area (Å²) in [6, 6.07) is 6.25. The van der Waals surface area contributed by atoms with Gasteiger partial charge in [-0.1, -0.05) is 39.8 Å². The fourth-order valence-corrected chi connectivity index (χ4v) is 3.18. The molecule has 0 aliphatic rings. The number of carbonyl (C=O) groups is 1. The van der Waals surface area contributed by atoms with Crippen molar-refractivity contribution in [3.8, 4) is 5.75 Å². The van der Waals surface area contributed by atoms with E-state index in [2.05, 4.69) is 44.8 Å². The van der Waals surface area contributed by atoms with Crippen LogP contribution in [0.4, 0.5) is 0 Å². The molecule has 2 rings (SSSR count). The summed E-state index contributed by atoms with van der Waals surface area (Å²) >= 11 is 1.17. The molecule has 0 saturated carbocycles. The van der Waals surface area contributed by atoms with Crippen molar-refractivity contribution in [2.24, 2.45) is 0 Å². The van der Waals surface area contributed by atoms with Crippen LogP contribution in [0.2, 0.25) is 0 Å². The Bertz CT molecular complexity index is 714. The van der Waals surface area contributed by atoms with Crippen LogP contribution in [0.3, 0.4) is 0 Å². The maximum Gasteiger partial charge on any atom is 0.347 e. The predicted octanol–water partition coefficient (Wildman–Crippen LogP) is 4.59. The molecule has 23 heavy (non-hydrogen) atoms. The maximum absolute atomic E-state index is 11.1. The monoisotopic (exact) mass is 333 g/mol. The second kappa shape index (κ2) is 6.71. The number of hydrogen-bond acceptors (Lipinski definition) is 4. The summed E-state index contributed by atoms with van der Waals surface area (Å²) in [6.07, 6.45) is 0.983. The van der Waals surface area contributed by atoms with Crippen LogP contribution in [-0.2, 0) is 18.4 Å². The molecule has 0 aliphatic heterocycles. The van der Waals surface area contributed by atoms with E-state index in [4.69, 9.17) is 9.84 Å². The Hall–Kier alpha value is -1.88. The summed E-state index contributed by atoms with van der Waals surface area (Å²) in [7, 11) is 0. The van der Waals surface area contributed by atoms with Gasteiger partial charge in [0, 0.05) is 0 Å². The zero-order valence-electron chi connectivity index (χ0n) is 14.3. The fourth-order valence-electron chi connectivity index (χ4n) is 2.36. The molecule has 0 aliphatic carbocycles. The van der Waals surface area contributed by atoms with Gasteiger partial charge in [0.05, 0.1) is 5.69 Å². The molecule has 0 spiro atoms. The number of thiazole rings is 1. The Morgan fingerprint density at radius 2 is 2.04 bits per heavy atom. The van der Waals surface area contributed by atoms with Crippen LogP contribution in [-0.4, -0.2) is 16.1 Å². The molecule has 2 aromatic rings. The quantitative estimate of drug-likeness (QED) is 0.869. The Morgan fingerprint density at radius 1 is 1.35 bits per heavy atom. The first-order valence-electron chi connectivity index (χ1n) is 7.68. The van der Waals surface area contributed by atoms with E-state index in [0.717, 1.165) is 17.7 Å². The van der Waals surface area contributed by atoms with Gasteiger partial charge in [0.2, 0.25) is 0 Å². The van der Waals surface area contributed by atoms with Crippen molar-refractivity contribution in [3.63, 3.8) is 0 Å². The third-order valence-corrected chi connectivity index (χ3v) is 4.77. The van der Waals surface area contributed by atoms with Crippen molar-refractivity contribution in [1.82, 2.24) is 4.98 Å². The minimum Gasteiger partial charge on any atom is -0.486 e. The summed E-state index contributed by atoms with van der Waals surface area (Å²) in [5.41, 5.74) is 2.95. The first-order valence-corrected chi connectivity index (χ1v) is 8.49. The van der Waals surface area contributed by atoms with Crippen LogP contribution in [0.1, 0.15) is 59.2 Å². The zero-order chi connectivity index (χ0) is 17.2. The zero-order valence-corrected chi connectivity index (χ0v) is 15.1. The standard InChI is InChI=1S/C18H23NO3S/c1-6-12-7-8-14(13(9-12)18(3,4)5)22-10-15-19-11(2)16(23-15)17(20)21/h7-9H,6,10H2,1-5H3,(H,20,21). The van der Waals surface area contributed by atoms with Crippen molar-refractivity contribution in [2.45, 2.75) is 53.1 Å². The molecule has 1 aromatic carbocycles. The maximum atomic E-state index is 11.1. The predicted molar refractivity (Wildman–Crippen MR) is 92.7 cm³/mol. The Kier molecular flexibility index (Phi) is 5.09. The molecule has 4 nitrogen and oxygen atoms in total. The molecule has 5 heteroatoms. The molecule has 0 bridgehead atoms. The highest BCUT2D eigenvalue weighted by Crippen LogP contribution is 2.33. The smallest absolute Gasteiger partial charge is 0.347 e. The topological polar surface area (TPSA) is 59.4 Å². The summed E-state index contributed by atoms with van der Waals surface area (Å²) < 4.78 is 5.95. The molecule has 124 valence electrons. The second-order valence-electron chi connectivity index (χ2n) is 6.55. The molecular formula is C18H23NO3S. The van der Waals surface area contributed by atoms with Crippen molar-refractivity contribution >= 4 is 17.3 Å². The van der Waals surface area contributed by atoms with Crippen LogP contribution in [0.25, 0.3) is 0 Å². The molecule has 0 radical (unpaired) electrons. The number of aromatic carboxylic acids is 1. The number of rotatable bonds is 5. The lowest BCUT2D eigenvalue weighted by Gasteiger charge is -2.23. The van der Waals surface area contributed by atoms with Crippen molar-refractivity contribution in [3.05, 3.63) is 44.9 Å². The van der Waals surface area contributed by atoms with E-state index in [0.29, 0.717) is 10.7 Å². The molecule has 0 fully saturated rings. The van der Waals surface area contributed by atoms with Gasteiger partial charge in [-0.2, -0.15) is 0 Å². The average molecular weight is 333 g/mol. The van der Waals surface area contributed by atoms with E-state index in [-0.39, 0.29) is 16.9 Å². The van der Waals surface area contributed by atoms with Crippen molar-refractivity contribution < 1.29 is 14.6 Å². The highest BCUT2D eigenvalue weighted by atomic mass is 32.1. The minimum atomic E-state index is -0.936. The van der Waals surface area contributed by atoms with Crippen molar-refractivity contribution in [1.29, 1.82) is 0 Å². The van der Waals surface area contributed by atoms with E-state index in [1.165, 1.54) is 16.9 Å². The second-order valence-corrected chi connectivity index (χ2v) is 7.63. The molecule has 1 aromatic heterocycles. The molecule has 0 unspecified atom stereocenters. The number of ether oxygens (including phenoxy) is 1. The van der Waals surface area contributed by atoms with Gasteiger partial charge in [-0.3, -0.25) is 0 Å². The van der Waals surface area contributed by atoms with Gasteiger partial charge >= 0.3 is 5.97 Å². The first-order chi connectivity index (χ1) is 10.7. The molecular weight excluding hydrogens is 310 g/mol. The number of benzene rings is 1. The minimum absolute atomic E-state index is 0.0223. The van der Waals surface area contributed by atoms with Crippen LogP contribution in [0.5, 0.6) is 5.75 Å². The number of aromatic nitrogens is 1. The van der Waals surface area contributed by atoms with Gasteiger partial charge in [-0.15, -0.1) is 11.3 Å². The molecule has 1 heterocycles. The number of nitrogens with zero attached hydrogens (tertiary/aromatic N) is 1. The lowest BCUT2D eigenvalue weighted by molar-refractivity contribution is 0.0701. The largest absolute Gasteiger partial charge is 0.486 e. The van der Waals surface area contributed by atoms with Gasteiger partial charge in [0.15, 0.2) is 0 Å². The SMILES string of the molecule is CCc1ccc(OCc2nc(C)c(C(=O)O)s2)c(C(C)(C)C)c1. The average Bonchev–Trinajstić information content (AvgIpc) is 2.85. The van der Waals surface area contributed by atoms with E-state index in [1.54, 1.807) is 6.92 Å². The van der Waals surface area contributed by atoms with Gasteiger partial charge < -0.3 is 9.84 Å². The Balaban J connectivity index is 2.23. The van der Waals surface area contributed by atoms with E-state index >= 15 is 0 Å². The van der Waals surface area contributed by atoms with Crippen LogP contribution < -0.4 is 4.74 Å². The van der Waals surface area contributed by atoms with Crippen molar-refractivity contribution in [2.75, 3.05) is 0 Å². The molecule has 1 N–H and O–H groups in total. The first kappa shape index (κ1) is 17.5. The van der Waals surface area contributed by atoms with Crippen LogP contribution in [0, 0.1) is 6.92 Å². The summed E-state index contributed by atoms with van der Waals surface area (Å²) in [5.74, 6) is -0.103. The normalized spacial score (nSPS) is 11.5. The summed E-state index contributed by atoms with van der Waals surface area (Å²) in [4.78, 5) is 15.7. The van der Waals surface area contributed by atoms with Gasteiger partial charge in [0.1, 0.15) is 22.2 Å². The summed E-state index contributed by atoms with van der Waals surface area (Å²) in [6.45, 7) is 10.6. The van der Waals surface area contributed by atoms with Crippen LogP contribution >= 0.6 is 11.3 Å². The third kappa shape index (κ3) is 4.10. The van der Waals surface area contributed by atoms with Gasteiger partial charge in [-0.25, -0.2) is 9.78 Å². The highest BCUT2D eigenvalue weighted by Gasteiger charge is 2.20. The number of carboxylic acids is 1. The molecule has 0 amide bonds. The number of carboxylic acid groups (broad SMARTS) is 1. The molecule has 0 saturated heterocycles. The lowest BCUT2D eigenvalue weighted by atomic mass is 9.85. The lowest BCUT2D eigenvalue weighted by Crippen LogP contribution is -2.14. The Morgan fingerprint density at radius 3 is 2.57 bits per heavy atom. The molecule has 0 atom stereocenters. The number of hydrogen-bond donors (Lipinski definition) is 1. The third-order valence-electron chi connectivity index (χ3n) is 3.65. The summed E-state index contributed by atoms with van der Waals surface area (Å²) in [5, 5.41) is 9.78. The Labute approximate surface area is 141 Å². The van der Waals surface area contributed by atoms with Gasteiger partial charge in [0.25, 0.3) is 0 Å². The number of aryl methyl sites for hydroxylation is 2. The fraction of sp³-hybridized carbons (Fsp3) is 0.444. The van der Waals surface area contributed by atoms with Crippen LogP contribution in [0.15, 0.2) is 18.2 Å². The van der Waals surface area contributed by atoms with Gasteiger partial charge in [-0.05, 0) is 36.0 Å².